The Morgan fingerprint density at radius 1 is 1.50 bits per heavy atom. The molecule has 1 aromatic heterocycles. The Kier molecular flexibility index (Phi) is 3.32. The third kappa shape index (κ3) is 1.80. The van der Waals surface area contributed by atoms with E-state index in [1.807, 2.05) is 0 Å². The van der Waals surface area contributed by atoms with Gasteiger partial charge in [-0.05, 0) is 0 Å². The van der Waals surface area contributed by atoms with Gasteiger partial charge in [-0.2, -0.15) is 0 Å². The first kappa shape index (κ1) is 10.8. The first-order chi connectivity index (χ1) is 6.61. The van der Waals surface area contributed by atoms with Crippen molar-refractivity contribution in [1.82, 2.24) is 4.98 Å². The Morgan fingerprint density at radius 2 is 2.14 bits per heavy atom. The SMILES string of the molecule is NCc1ncc(O)c(CO)c1C(F)F. The summed E-state index contributed by atoms with van der Waals surface area (Å²) in [5.74, 6) is -0.444. The van der Waals surface area contributed by atoms with E-state index in [1.165, 1.54) is 0 Å². The summed E-state index contributed by atoms with van der Waals surface area (Å²) in [7, 11) is 0. The van der Waals surface area contributed by atoms with E-state index >= 15 is 0 Å². The van der Waals surface area contributed by atoms with Crippen LogP contribution in [0.15, 0.2) is 6.20 Å². The molecule has 14 heavy (non-hydrogen) atoms. The maximum atomic E-state index is 12.5. The number of aliphatic hydroxyl groups excluding tert-OH is 1. The zero-order valence-corrected chi connectivity index (χ0v) is 7.24. The zero-order chi connectivity index (χ0) is 10.7. The first-order valence-electron chi connectivity index (χ1n) is 3.90. The fourth-order valence-electron chi connectivity index (χ4n) is 1.19. The molecule has 6 heteroatoms. The highest BCUT2D eigenvalue weighted by Crippen LogP contribution is 2.30. The van der Waals surface area contributed by atoms with E-state index in [0.29, 0.717) is 0 Å². The highest BCUT2D eigenvalue weighted by molar-refractivity contribution is 5.40. The Balaban J connectivity index is 3.36. The molecule has 78 valence electrons. The molecule has 0 saturated heterocycles. The van der Waals surface area contributed by atoms with Crippen LogP contribution in [0.2, 0.25) is 0 Å². The molecule has 0 unspecified atom stereocenters. The van der Waals surface area contributed by atoms with Crippen molar-refractivity contribution in [1.29, 1.82) is 0 Å². The fraction of sp³-hybridized carbons (Fsp3) is 0.375. The molecule has 1 rings (SSSR count). The van der Waals surface area contributed by atoms with Gasteiger partial charge in [0.2, 0.25) is 0 Å². The lowest BCUT2D eigenvalue weighted by molar-refractivity contribution is 0.144. The van der Waals surface area contributed by atoms with Gasteiger partial charge in [-0.1, -0.05) is 0 Å². The minimum absolute atomic E-state index is 0.0122. The lowest BCUT2D eigenvalue weighted by atomic mass is 10.1. The summed E-state index contributed by atoms with van der Waals surface area (Å²) >= 11 is 0. The van der Waals surface area contributed by atoms with Crippen LogP contribution >= 0.6 is 0 Å². The smallest absolute Gasteiger partial charge is 0.266 e. The van der Waals surface area contributed by atoms with Crippen molar-refractivity contribution >= 4 is 0 Å². The number of rotatable bonds is 3. The maximum Gasteiger partial charge on any atom is 0.266 e. The molecule has 4 N–H and O–H groups in total. The molecule has 4 nitrogen and oxygen atoms in total. The minimum Gasteiger partial charge on any atom is -0.506 e. The second-order valence-electron chi connectivity index (χ2n) is 2.65. The van der Waals surface area contributed by atoms with Gasteiger partial charge < -0.3 is 15.9 Å². The fourth-order valence-corrected chi connectivity index (χ4v) is 1.19. The summed E-state index contributed by atoms with van der Waals surface area (Å²) in [6, 6.07) is 0. The maximum absolute atomic E-state index is 12.5. The Labute approximate surface area is 79.0 Å². The Bertz CT molecular complexity index is 331. The van der Waals surface area contributed by atoms with Crippen LogP contribution in [0.4, 0.5) is 8.78 Å². The van der Waals surface area contributed by atoms with Gasteiger partial charge in [-0.3, -0.25) is 4.98 Å². The monoisotopic (exact) mass is 204 g/mol. The van der Waals surface area contributed by atoms with E-state index in [1.54, 1.807) is 0 Å². The van der Waals surface area contributed by atoms with Gasteiger partial charge >= 0.3 is 0 Å². The van der Waals surface area contributed by atoms with Crippen molar-refractivity contribution in [2.45, 2.75) is 19.6 Å². The van der Waals surface area contributed by atoms with E-state index in [-0.39, 0.29) is 17.8 Å². The molecule has 0 aliphatic heterocycles. The van der Waals surface area contributed by atoms with Crippen LogP contribution in [0.5, 0.6) is 5.75 Å². The van der Waals surface area contributed by atoms with Gasteiger partial charge in [-0.25, -0.2) is 8.78 Å². The van der Waals surface area contributed by atoms with Gasteiger partial charge in [0.05, 0.1) is 18.5 Å². The number of aromatic hydroxyl groups is 1. The molecule has 0 amide bonds. The van der Waals surface area contributed by atoms with Crippen LogP contribution in [0.1, 0.15) is 23.2 Å². The van der Waals surface area contributed by atoms with Crippen LogP contribution < -0.4 is 5.73 Å². The highest BCUT2D eigenvalue weighted by Gasteiger charge is 2.20. The van der Waals surface area contributed by atoms with Crippen LogP contribution in [-0.4, -0.2) is 15.2 Å². The average Bonchev–Trinajstić information content (AvgIpc) is 2.17. The van der Waals surface area contributed by atoms with Gasteiger partial charge in [0, 0.05) is 17.7 Å². The summed E-state index contributed by atoms with van der Waals surface area (Å²) < 4.78 is 25.0. The first-order valence-corrected chi connectivity index (χ1v) is 3.90. The lowest BCUT2D eigenvalue weighted by Gasteiger charge is -2.11. The van der Waals surface area contributed by atoms with Crippen molar-refractivity contribution < 1.29 is 19.0 Å². The topological polar surface area (TPSA) is 79.4 Å². The summed E-state index contributed by atoms with van der Waals surface area (Å²) in [6.45, 7) is -0.825. The third-order valence-corrected chi connectivity index (χ3v) is 1.86. The molecule has 0 aliphatic carbocycles. The Morgan fingerprint density at radius 3 is 2.57 bits per heavy atom. The second kappa shape index (κ2) is 4.30. The van der Waals surface area contributed by atoms with Gasteiger partial charge in [0.1, 0.15) is 5.75 Å². The van der Waals surface area contributed by atoms with E-state index in [4.69, 9.17) is 15.9 Å². The summed E-state index contributed by atoms with van der Waals surface area (Å²) in [6.07, 6.45) is -1.81. The number of hydrogen-bond acceptors (Lipinski definition) is 4. The normalized spacial score (nSPS) is 10.9. The molecule has 0 bridgehead atoms. The van der Waals surface area contributed by atoms with Crippen LogP contribution in [0.25, 0.3) is 0 Å². The van der Waals surface area contributed by atoms with E-state index in [9.17, 15) is 8.78 Å². The zero-order valence-electron chi connectivity index (χ0n) is 7.24. The molecule has 0 spiro atoms. The summed E-state index contributed by atoms with van der Waals surface area (Å²) in [4.78, 5) is 3.56. The summed E-state index contributed by atoms with van der Waals surface area (Å²) in [5.41, 5.74) is 4.50. The van der Waals surface area contributed by atoms with Gasteiger partial charge in [0.15, 0.2) is 0 Å². The number of hydrogen-bond donors (Lipinski definition) is 3. The van der Waals surface area contributed by atoms with Crippen molar-refractivity contribution in [2.75, 3.05) is 0 Å². The number of alkyl halides is 2. The van der Waals surface area contributed by atoms with Crippen molar-refractivity contribution in [3.63, 3.8) is 0 Å². The number of nitrogens with two attached hydrogens (primary N) is 1. The number of aliphatic hydroxyl groups is 1. The predicted molar refractivity (Wildman–Crippen MR) is 44.7 cm³/mol. The minimum atomic E-state index is -2.81. The molecular formula is C8H10F2N2O2. The number of aromatic nitrogens is 1. The molecule has 0 radical (unpaired) electrons. The molecule has 0 atom stereocenters. The van der Waals surface area contributed by atoms with Crippen LogP contribution in [0, 0.1) is 0 Å². The molecule has 1 aromatic rings. The number of halogens is 2. The van der Waals surface area contributed by atoms with Crippen LogP contribution in [0.3, 0.4) is 0 Å². The molecule has 0 saturated carbocycles. The predicted octanol–water partition coefficient (Wildman–Crippen LogP) is 0.676. The average molecular weight is 204 g/mol. The molecule has 0 aromatic carbocycles. The van der Waals surface area contributed by atoms with E-state index < -0.39 is 24.3 Å². The second-order valence-corrected chi connectivity index (χ2v) is 2.65. The molecule has 0 aliphatic rings. The largest absolute Gasteiger partial charge is 0.506 e. The van der Waals surface area contributed by atoms with Crippen molar-refractivity contribution in [2.24, 2.45) is 5.73 Å². The molecule has 0 fully saturated rings. The van der Waals surface area contributed by atoms with Crippen molar-refractivity contribution in [3.8, 4) is 5.75 Å². The van der Waals surface area contributed by atoms with E-state index in [2.05, 4.69) is 4.98 Å². The Hall–Kier alpha value is -1.27. The molecule has 1 heterocycles. The van der Waals surface area contributed by atoms with Gasteiger partial charge in [0.25, 0.3) is 6.43 Å². The van der Waals surface area contributed by atoms with E-state index in [0.717, 1.165) is 6.20 Å². The van der Waals surface area contributed by atoms with Gasteiger partial charge in [-0.15, -0.1) is 0 Å². The quantitative estimate of drug-likeness (QED) is 0.676. The highest BCUT2D eigenvalue weighted by atomic mass is 19.3. The standard InChI is InChI=1S/C8H10F2N2O2/c9-8(10)7-4(3-13)6(14)2-12-5(7)1-11/h2,8,13-14H,1,3,11H2. The van der Waals surface area contributed by atoms with Crippen molar-refractivity contribution in [3.05, 3.63) is 23.0 Å². The third-order valence-electron chi connectivity index (χ3n) is 1.86. The lowest BCUT2D eigenvalue weighted by Crippen LogP contribution is -2.08. The van der Waals surface area contributed by atoms with Crippen LogP contribution in [-0.2, 0) is 13.2 Å². The number of nitrogens with zero attached hydrogens (tertiary/aromatic N) is 1. The summed E-state index contributed by atoms with van der Waals surface area (Å²) in [5, 5.41) is 18.0. The molecular weight excluding hydrogens is 194 g/mol. The number of pyridine rings is 1.